The van der Waals surface area contributed by atoms with E-state index in [0.29, 0.717) is 29.4 Å². The Kier molecular flexibility index (Phi) is 7.14. The number of aryl methyl sites for hydroxylation is 1. The van der Waals surface area contributed by atoms with Crippen molar-refractivity contribution in [3.8, 4) is 0 Å². The molecule has 0 aliphatic rings. The summed E-state index contributed by atoms with van der Waals surface area (Å²) in [4.78, 5) is 29.3. The van der Waals surface area contributed by atoms with Gasteiger partial charge in [0.2, 0.25) is 5.91 Å². The van der Waals surface area contributed by atoms with Crippen LogP contribution in [-0.4, -0.2) is 39.3 Å². The zero-order valence-corrected chi connectivity index (χ0v) is 17.6. The van der Waals surface area contributed by atoms with Gasteiger partial charge in [0.15, 0.2) is 0 Å². The molecule has 2 aromatic heterocycles. The first-order chi connectivity index (χ1) is 14.5. The number of aromatic nitrogens is 1. The van der Waals surface area contributed by atoms with Crippen LogP contribution in [0.2, 0.25) is 5.02 Å². The third kappa shape index (κ3) is 5.42. The maximum atomic E-state index is 13.2. The summed E-state index contributed by atoms with van der Waals surface area (Å²) in [6.07, 6.45) is 5.11. The Morgan fingerprint density at radius 3 is 2.60 bits per heavy atom. The maximum absolute atomic E-state index is 13.2. The molecule has 0 spiro atoms. The van der Waals surface area contributed by atoms with Gasteiger partial charge < -0.3 is 18.8 Å². The number of amides is 2. The summed E-state index contributed by atoms with van der Waals surface area (Å²) in [6.45, 7) is 4.59. The topological polar surface area (TPSA) is 58.7 Å². The second-order valence-corrected chi connectivity index (χ2v) is 7.36. The second-order valence-electron chi connectivity index (χ2n) is 6.92. The first-order valence-corrected chi connectivity index (χ1v) is 9.92. The average Bonchev–Trinajstić information content (AvgIpc) is 3.38. The third-order valence-corrected chi connectivity index (χ3v) is 4.95. The Labute approximate surface area is 180 Å². The van der Waals surface area contributed by atoms with Gasteiger partial charge in [-0.25, -0.2) is 0 Å². The molecular formula is C23H24ClN3O3. The highest BCUT2D eigenvalue weighted by atomic mass is 35.5. The Balaban J connectivity index is 1.79. The van der Waals surface area contributed by atoms with Gasteiger partial charge in [0.1, 0.15) is 12.3 Å². The Morgan fingerprint density at radius 2 is 1.97 bits per heavy atom. The van der Waals surface area contributed by atoms with E-state index in [1.54, 1.807) is 47.6 Å². The molecule has 0 atom stereocenters. The smallest absolute Gasteiger partial charge is 0.254 e. The molecule has 0 bridgehead atoms. The lowest BCUT2D eigenvalue weighted by Crippen LogP contribution is -2.42. The quantitative estimate of drug-likeness (QED) is 0.484. The van der Waals surface area contributed by atoms with Crippen molar-refractivity contribution in [2.75, 3.05) is 13.1 Å². The molecular weight excluding hydrogens is 402 g/mol. The van der Waals surface area contributed by atoms with Crippen LogP contribution >= 0.6 is 11.6 Å². The van der Waals surface area contributed by atoms with E-state index in [2.05, 4.69) is 6.58 Å². The molecule has 0 saturated carbocycles. The summed E-state index contributed by atoms with van der Waals surface area (Å²) in [6, 6.07) is 14.2. The lowest BCUT2D eigenvalue weighted by atomic mass is 10.2. The highest BCUT2D eigenvalue weighted by molar-refractivity contribution is 6.31. The number of hydrogen-bond acceptors (Lipinski definition) is 3. The molecule has 3 aromatic rings. The van der Waals surface area contributed by atoms with Crippen LogP contribution in [0.3, 0.4) is 0 Å². The molecule has 3 rings (SSSR count). The largest absolute Gasteiger partial charge is 0.467 e. The average molecular weight is 426 g/mol. The van der Waals surface area contributed by atoms with Crippen LogP contribution in [0.1, 0.15) is 21.8 Å². The second kappa shape index (κ2) is 9.98. The maximum Gasteiger partial charge on any atom is 0.254 e. The molecule has 156 valence electrons. The van der Waals surface area contributed by atoms with Crippen molar-refractivity contribution in [2.24, 2.45) is 7.05 Å². The van der Waals surface area contributed by atoms with Gasteiger partial charge in [0, 0.05) is 36.1 Å². The Morgan fingerprint density at radius 1 is 1.13 bits per heavy atom. The van der Waals surface area contributed by atoms with Gasteiger partial charge in [0.25, 0.3) is 5.91 Å². The first-order valence-electron chi connectivity index (χ1n) is 9.54. The number of rotatable bonds is 9. The summed E-state index contributed by atoms with van der Waals surface area (Å²) in [7, 11) is 1.93. The molecule has 0 saturated heterocycles. The number of carbonyl (C=O) groups is 2. The summed E-state index contributed by atoms with van der Waals surface area (Å²) in [5.41, 5.74) is 1.41. The van der Waals surface area contributed by atoms with E-state index >= 15 is 0 Å². The van der Waals surface area contributed by atoms with Crippen molar-refractivity contribution < 1.29 is 14.0 Å². The highest BCUT2D eigenvalue weighted by Gasteiger charge is 2.23. The van der Waals surface area contributed by atoms with Gasteiger partial charge in [-0.05, 0) is 42.5 Å². The summed E-state index contributed by atoms with van der Waals surface area (Å²) in [5, 5.41) is 0.467. The predicted octanol–water partition coefficient (Wildman–Crippen LogP) is 4.13. The predicted molar refractivity (Wildman–Crippen MR) is 116 cm³/mol. The van der Waals surface area contributed by atoms with Crippen LogP contribution in [0.15, 0.2) is 78.1 Å². The van der Waals surface area contributed by atoms with E-state index in [-0.39, 0.29) is 24.9 Å². The molecule has 1 aromatic carbocycles. The Hall–Kier alpha value is -3.25. The van der Waals surface area contributed by atoms with Gasteiger partial charge in [-0.1, -0.05) is 23.7 Å². The van der Waals surface area contributed by atoms with Gasteiger partial charge >= 0.3 is 0 Å². The first kappa shape index (κ1) is 21.5. The number of nitrogens with zero attached hydrogens (tertiary/aromatic N) is 3. The zero-order chi connectivity index (χ0) is 21.5. The van der Waals surface area contributed by atoms with Crippen LogP contribution < -0.4 is 0 Å². The fourth-order valence-electron chi connectivity index (χ4n) is 3.12. The van der Waals surface area contributed by atoms with E-state index in [4.69, 9.17) is 16.0 Å². The minimum Gasteiger partial charge on any atom is -0.467 e. The van der Waals surface area contributed by atoms with Crippen molar-refractivity contribution in [3.05, 3.63) is 95.7 Å². The minimum atomic E-state index is -0.275. The molecule has 0 aliphatic heterocycles. The highest BCUT2D eigenvalue weighted by Crippen LogP contribution is 2.15. The number of furan rings is 1. The molecule has 0 aliphatic carbocycles. The van der Waals surface area contributed by atoms with Crippen molar-refractivity contribution in [1.29, 1.82) is 0 Å². The van der Waals surface area contributed by atoms with Crippen molar-refractivity contribution in [1.82, 2.24) is 14.4 Å². The molecule has 30 heavy (non-hydrogen) atoms. The van der Waals surface area contributed by atoms with Crippen LogP contribution in [0.5, 0.6) is 0 Å². The molecule has 7 heteroatoms. The lowest BCUT2D eigenvalue weighted by Gasteiger charge is -2.27. The van der Waals surface area contributed by atoms with E-state index < -0.39 is 0 Å². The molecule has 2 heterocycles. The third-order valence-electron chi connectivity index (χ3n) is 4.72. The zero-order valence-electron chi connectivity index (χ0n) is 16.8. The van der Waals surface area contributed by atoms with Crippen LogP contribution in [-0.2, 0) is 24.9 Å². The van der Waals surface area contributed by atoms with Crippen molar-refractivity contribution in [2.45, 2.75) is 13.1 Å². The fourth-order valence-corrected chi connectivity index (χ4v) is 3.31. The number of carbonyl (C=O) groups excluding carboxylic acids is 2. The number of benzene rings is 1. The summed E-state index contributed by atoms with van der Waals surface area (Å²) >= 11 is 6.02. The minimum absolute atomic E-state index is 0.0809. The fraction of sp³-hybridized carbons (Fsp3) is 0.217. The van der Waals surface area contributed by atoms with Gasteiger partial charge in [-0.3, -0.25) is 9.59 Å². The normalized spacial score (nSPS) is 10.6. The van der Waals surface area contributed by atoms with E-state index in [1.165, 1.54) is 4.90 Å². The summed E-state index contributed by atoms with van der Waals surface area (Å²) in [5.74, 6) is 0.210. The van der Waals surface area contributed by atoms with Crippen molar-refractivity contribution >= 4 is 23.4 Å². The standard InChI is InChI=1S/C23H24ClN3O3/c1-3-11-26(23(29)18-7-4-8-19(24)14-18)17-22(28)27(16-21-10-6-13-30-21)15-20-9-5-12-25(20)2/h3-10,12-14H,1,11,15-17H2,2H3. The van der Waals surface area contributed by atoms with Crippen LogP contribution in [0, 0.1) is 0 Å². The molecule has 6 nitrogen and oxygen atoms in total. The van der Waals surface area contributed by atoms with Crippen molar-refractivity contribution in [3.63, 3.8) is 0 Å². The SMILES string of the molecule is C=CCN(CC(=O)N(Cc1ccco1)Cc1cccn1C)C(=O)c1cccc(Cl)c1. The van der Waals surface area contributed by atoms with Crippen LogP contribution in [0.4, 0.5) is 0 Å². The molecule has 0 N–H and O–H groups in total. The molecule has 0 radical (unpaired) electrons. The molecule has 2 amide bonds. The Bertz CT molecular complexity index is 1010. The monoisotopic (exact) mass is 425 g/mol. The molecule has 0 fully saturated rings. The number of halogens is 1. The number of hydrogen-bond donors (Lipinski definition) is 0. The lowest BCUT2D eigenvalue weighted by molar-refractivity contribution is -0.133. The van der Waals surface area contributed by atoms with Gasteiger partial charge in [0.05, 0.1) is 19.4 Å². The molecule has 0 unspecified atom stereocenters. The summed E-state index contributed by atoms with van der Waals surface area (Å²) < 4.78 is 7.39. The van der Waals surface area contributed by atoms with Crippen LogP contribution in [0.25, 0.3) is 0 Å². The van der Waals surface area contributed by atoms with E-state index in [9.17, 15) is 9.59 Å². The van der Waals surface area contributed by atoms with E-state index in [0.717, 1.165) is 5.69 Å². The van der Waals surface area contributed by atoms with Gasteiger partial charge in [-0.2, -0.15) is 0 Å². The van der Waals surface area contributed by atoms with Gasteiger partial charge in [-0.15, -0.1) is 6.58 Å². The van der Waals surface area contributed by atoms with E-state index in [1.807, 2.05) is 36.0 Å².